The minimum atomic E-state index is 0.640. The molecule has 2 rings (SSSR count). The van der Waals surface area contributed by atoms with Gasteiger partial charge in [0.1, 0.15) is 5.82 Å². The summed E-state index contributed by atoms with van der Waals surface area (Å²) in [6.07, 6.45) is 2.12. The van der Waals surface area contributed by atoms with Crippen molar-refractivity contribution < 1.29 is 4.74 Å². The molecule has 15 heavy (non-hydrogen) atoms. The van der Waals surface area contributed by atoms with Crippen molar-refractivity contribution in [3.05, 3.63) is 18.2 Å². The first-order valence-electron chi connectivity index (χ1n) is 5.21. The molecule has 0 amide bonds. The quantitative estimate of drug-likeness (QED) is 0.733. The molecule has 0 saturated carbocycles. The Bertz CT molecular complexity index is 367. The monoisotopic (exact) mass is 222 g/mol. The Balaban J connectivity index is 2.20. The number of nitrogens with zero attached hydrogens (tertiary/aromatic N) is 2. The number of pyridine rings is 1. The summed E-state index contributed by atoms with van der Waals surface area (Å²) >= 11 is 5.28. The Morgan fingerprint density at radius 3 is 3.07 bits per heavy atom. The Hall–Kier alpha value is -1.16. The molecule has 1 fully saturated rings. The highest BCUT2D eigenvalue weighted by Gasteiger charge is 2.19. The lowest BCUT2D eigenvalue weighted by atomic mass is 10.4. The zero-order valence-electron chi connectivity index (χ0n) is 8.77. The van der Waals surface area contributed by atoms with Crippen LogP contribution in [0.25, 0.3) is 0 Å². The number of rotatable bonds is 3. The van der Waals surface area contributed by atoms with Crippen molar-refractivity contribution in [1.82, 2.24) is 4.98 Å². The van der Waals surface area contributed by atoms with E-state index >= 15 is 0 Å². The molecule has 0 aliphatic carbocycles. The maximum atomic E-state index is 5.36. The number of ether oxygens (including phenoxy) is 1. The van der Waals surface area contributed by atoms with Crippen LogP contribution in [0, 0.1) is 0 Å². The summed E-state index contributed by atoms with van der Waals surface area (Å²) in [5.74, 6) is 1.58. The standard InChI is InChI=1S/C11H14N2OS/c1-2-14-10-6-3-5-9(12-10)13-8-4-7-11(13)15/h3,5-6H,2,4,7-8H2,1H3. The molecule has 0 unspecified atom stereocenters. The number of hydrogen-bond acceptors (Lipinski definition) is 3. The van der Waals surface area contributed by atoms with Crippen LogP contribution in [-0.2, 0) is 0 Å². The van der Waals surface area contributed by atoms with E-state index in [1.807, 2.05) is 25.1 Å². The van der Waals surface area contributed by atoms with Gasteiger partial charge in [0.2, 0.25) is 5.88 Å². The zero-order chi connectivity index (χ0) is 10.7. The van der Waals surface area contributed by atoms with Gasteiger partial charge < -0.3 is 9.64 Å². The summed E-state index contributed by atoms with van der Waals surface area (Å²) < 4.78 is 5.36. The SMILES string of the molecule is CCOc1cccc(N2CCCC2=S)n1. The van der Waals surface area contributed by atoms with E-state index in [4.69, 9.17) is 17.0 Å². The van der Waals surface area contributed by atoms with E-state index in [9.17, 15) is 0 Å². The van der Waals surface area contributed by atoms with Gasteiger partial charge >= 0.3 is 0 Å². The Morgan fingerprint density at radius 2 is 2.40 bits per heavy atom. The molecular weight excluding hydrogens is 208 g/mol. The van der Waals surface area contributed by atoms with Crippen molar-refractivity contribution in [1.29, 1.82) is 0 Å². The highest BCUT2D eigenvalue weighted by atomic mass is 32.1. The fourth-order valence-electron chi connectivity index (χ4n) is 1.67. The van der Waals surface area contributed by atoms with E-state index in [1.54, 1.807) is 0 Å². The van der Waals surface area contributed by atoms with Gasteiger partial charge in [-0.05, 0) is 25.8 Å². The summed E-state index contributed by atoms with van der Waals surface area (Å²) in [4.78, 5) is 7.47. The van der Waals surface area contributed by atoms with Crippen LogP contribution in [-0.4, -0.2) is 23.1 Å². The number of anilines is 1. The van der Waals surface area contributed by atoms with Crippen molar-refractivity contribution >= 4 is 23.0 Å². The normalized spacial score (nSPS) is 15.8. The molecule has 0 spiro atoms. The van der Waals surface area contributed by atoms with E-state index in [0.29, 0.717) is 12.5 Å². The number of hydrogen-bond donors (Lipinski definition) is 0. The van der Waals surface area contributed by atoms with Crippen LogP contribution >= 0.6 is 12.2 Å². The molecule has 3 nitrogen and oxygen atoms in total. The lowest BCUT2D eigenvalue weighted by Gasteiger charge is -2.17. The second kappa shape index (κ2) is 4.57. The number of aromatic nitrogens is 1. The maximum Gasteiger partial charge on any atom is 0.215 e. The lowest BCUT2D eigenvalue weighted by Crippen LogP contribution is -2.23. The summed E-state index contributed by atoms with van der Waals surface area (Å²) in [7, 11) is 0. The average Bonchev–Trinajstić information content (AvgIpc) is 2.65. The fraction of sp³-hybridized carbons (Fsp3) is 0.455. The predicted octanol–water partition coefficient (Wildman–Crippen LogP) is 2.41. The zero-order valence-corrected chi connectivity index (χ0v) is 9.59. The molecule has 0 bridgehead atoms. The second-order valence-electron chi connectivity index (χ2n) is 3.42. The van der Waals surface area contributed by atoms with Gasteiger partial charge in [-0.25, -0.2) is 0 Å². The molecule has 1 aromatic heterocycles. The van der Waals surface area contributed by atoms with Crippen LogP contribution in [0.15, 0.2) is 18.2 Å². The summed E-state index contributed by atoms with van der Waals surface area (Å²) in [6, 6.07) is 5.79. The highest BCUT2D eigenvalue weighted by Crippen LogP contribution is 2.22. The summed E-state index contributed by atoms with van der Waals surface area (Å²) in [5, 5.41) is 0. The molecule has 4 heteroatoms. The van der Waals surface area contributed by atoms with Crippen molar-refractivity contribution in [2.45, 2.75) is 19.8 Å². The molecule has 1 aliphatic heterocycles. The summed E-state index contributed by atoms with van der Waals surface area (Å²) in [5.41, 5.74) is 0. The van der Waals surface area contributed by atoms with Crippen molar-refractivity contribution in [2.24, 2.45) is 0 Å². The molecule has 0 aromatic carbocycles. The average molecular weight is 222 g/mol. The molecule has 0 N–H and O–H groups in total. The van der Waals surface area contributed by atoms with Crippen molar-refractivity contribution in [2.75, 3.05) is 18.1 Å². The molecule has 1 aliphatic rings. The first kappa shape index (κ1) is 10.4. The highest BCUT2D eigenvalue weighted by molar-refractivity contribution is 7.80. The lowest BCUT2D eigenvalue weighted by molar-refractivity contribution is 0.327. The molecular formula is C11H14N2OS. The third-order valence-electron chi connectivity index (χ3n) is 2.35. The van der Waals surface area contributed by atoms with Gasteiger partial charge in [0.15, 0.2) is 0 Å². The third-order valence-corrected chi connectivity index (χ3v) is 2.78. The van der Waals surface area contributed by atoms with Crippen molar-refractivity contribution in [3.63, 3.8) is 0 Å². The first-order chi connectivity index (χ1) is 7.31. The van der Waals surface area contributed by atoms with Gasteiger partial charge in [-0.3, -0.25) is 0 Å². The van der Waals surface area contributed by atoms with Crippen molar-refractivity contribution in [3.8, 4) is 5.88 Å². The van der Waals surface area contributed by atoms with Crippen LogP contribution in [0.1, 0.15) is 19.8 Å². The fourth-order valence-corrected chi connectivity index (χ4v) is 2.00. The van der Waals surface area contributed by atoms with Gasteiger partial charge in [0.05, 0.1) is 11.6 Å². The Kier molecular flexibility index (Phi) is 3.16. The van der Waals surface area contributed by atoms with E-state index in [0.717, 1.165) is 30.2 Å². The van der Waals surface area contributed by atoms with Gasteiger partial charge in [-0.1, -0.05) is 18.3 Å². The van der Waals surface area contributed by atoms with E-state index < -0.39 is 0 Å². The van der Waals surface area contributed by atoms with Crippen LogP contribution in [0.3, 0.4) is 0 Å². The smallest absolute Gasteiger partial charge is 0.215 e. The predicted molar refractivity (Wildman–Crippen MR) is 64.6 cm³/mol. The topological polar surface area (TPSA) is 25.4 Å². The minimum Gasteiger partial charge on any atom is -0.478 e. The second-order valence-corrected chi connectivity index (χ2v) is 3.89. The van der Waals surface area contributed by atoms with Gasteiger partial charge in [-0.15, -0.1) is 0 Å². The maximum absolute atomic E-state index is 5.36. The molecule has 0 radical (unpaired) electrons. The van der Waals surface area contributed by atoms with Gasteiger partial charge in [-0.2, -0.15) is 4.98 Å². The Labute approximate surface area is 95.1 Å². The first-order valence-corrected chi connectivity index (χ1v) is 5.62. The van der Waals surface area contributed by atoms with Gasteiger partial charge in [0.25, 0.3) is 0 Å². The van der Waals surface area contributed by atoms with Crippen LogP contribution in [0.4, 0.5) is 5.82 Å². The number of thiocarbonyl (C=S) groups is 1. The summed E-state index contributed by atoms with van der Waals surface area (Å²) in [6.45, 7) is 3.57. The molecule has 80 valence electrons. The molecule has 1 saturated heterocycles. The Morgan fingerprint density at radius 1 is 1.53 bits per heavy atom. The van der Waals surface area contributed by atoms with E-state index in [1.165, 1.54) is 0 Å². The third kappa shape index (κ3) is 2.26. The van der Waals surface area contributed by atoms with Gasteiger partial charge in [0, 0.05) is 12.6 Å². The van der Waals surface area contributed by atoms with Crippen LogP contribution in [0.5, 0.6) is 5.88 Å². The molecule has 2 heterocycles. The largest absolute Gasteiger partial charge is 0.478 e. The molecule has 1 aromatic rings. The van der Waals surface area contributed by atoms with E-state index in [2.05, 4.69) is 9.88 Å². The van der Waals surface area contributed by atoms with Crippen LogP contribution < -0.4 is 9.64 Å². The van der Waals surface area contributed by atoms with E-state index in [-0.39, 0.29) is 0 Å². The minimum absolute atomic E-state index is 0.640. The molecule has 0 atom stereocenters. The van der Waals surface area contributed by atoms with Crippen LogP contribution in [0.2, 0.25) is 0 Å².